The minimum atomic E-state index is -0.228. The van der Waals surface area contributed by atoms with Gasteiger partial charge in [-0.15, -0.1) is 11.3 Å². The Hall–Kier alpha value is -0.940. The van der Waals surface area contributed by atoms with E-state index < -0.39 is 0 Å². The largest absolute Gasteiger partial charge is 0.340 e. The van der Waals surface area contributed by atoms with Crippen molar-refractivity contribution in [2.45, 2.75) is 33.7 Å². The van der Waals surface area contributed by atoms with E-state index in [2.05, 4.69) is 24.1 Å². The molecule has 0 spiro atoms. The van der Waals surface area contributed by atoms with Gasteiger partial charge in [0, 0.05) is 24.7 Å². The molecule has 2 heterocycles. The molecule has 1 amide bonds. The highest BCUT2D eigenvalue weighted by Crippen LogP contribution is 2.36. The van der Waals surface area contributed by atoms with E-state index in [1.54, 1.807) is 11.3 Å². The molecule has 0 bridgehead atoms. The lowest BCUT2D eigenvalue weighted by molar-refractivity contribution is -0.142. The van der Waals surface area contributed by atoms with Crippen LogP contribution in [-0.4, -0.2) is 35.9 Å². The number of carbonyl (C=O) groups excluding carboxylic acids is 1. The highest BCUT2D eigenvalue weighted by Gasteiger charge is 2.45. The van der Waals surface area contributed by atoms with Crippen molar-refractivity contribution in [2.75, 3.05) is 20.1 Å². The number of aryl methyl sites for hydroxylation is 1. The average molecular weight is 281 g/mol. The summed E-state index contributed by atoms with van der Waals surface area (Å²) in [6, 6.07) is 0. The molecule has 19 heavy (non-hydrogen) atoms. The molecule has 2 rings (SSSR count). The second-order valence-electron chi connectivity index (χ2n) is 5.74. The van der Waals surface area contributed by atoms with Gasteiger partial charge in [0.05, 0.1) is 17.0 Å². The number of aromatic nitrogens is 1. The molecule has 1 aliphatic heterocycles. The van der Waals surface area contributed by atoms with E-state index in [0.717, 1.165) is 29.4 Å². The van der Waals surface area contributed by atoms with Gasteiger partial charge in [-0.1, -0.05) is 13.8 Å². The number of hydrogen-bond donors (Lipinski definition) is 1. The molecule has 1 aromatic heterocycles. The van der Waals surface area contributed by atoms with E-state index >= 15 is 0 Å². The van der Waals surface area contributed by atoms with Gasteiger partial charge in [-0.2, -0.15) is 0 Å². The SMILES string of the molecule is Cc1ncc(CN(C)C(=O)C2(C(C)C)CCNC2)s1. The standard InChI is InChI=1S/C14H23N3OS/c1-10(2)14(5-6-15-9-14)13(18)17(4)8-12-7-16-11(3)19-12/h7,10,15H,5-6,8-9H2,1-4H3. The molecule has 106 valence electrons. The van der Waals surface area contributed by atoms with Crippen molar-refractivity contribution in [1.82, 2.24) is 15.2 Å². The van der Waals surface area contributed by atoms with Crippen molar-refractivity contribution >= 4 is 17.2 Å². The Kier molecular flexibility index (Phi) is 4.26. The van der Waals surface area contributed by atoms with Gasteiger partial charge in [-0.3, -0.25) is 4.79 Å². The first-order valence-corrected chi connectivity index (χ1v) is 7.65. The maximum atomic E-state index is 12.8. The summed E-state index contributed by atoms with van der Waals surface area (Å²) in [5.74, 6) is 0.624. The van der Waals surface area contributed by atoms with Crippen LogP contribution in [0, 0.1) is 18.3 Å². The Morgan fingerprint density at radius 2 is 2.37 bits per heavy atom. The fraction of sp³-hybridized carbons (Fsp3) is 0.714. The maximum Gasteiger partial charge on any atom is 0.230 e. The molecule has 4 nitrogen and oxygen atoms in total. The molecular formula is C14H23N3OS. The number of rotatable bonds is 4. The fourth-order valence-corrected chi connectivity index (χ4v) is 3.65. The lowest BCUT2D eigenvalue weighted by atomic mass is 9.75. The first-order chi connectivity index (χ1) is 8.95. The van der Waals surface area contributed by atoms with Crippen molar-refractivity contribution in [2.24, 2.45) is 11.3 Å². The molecule has 1 aliphatic rings. The highest BCUT2D eigenvalue weighted by molar-refractivity contribution is 7.11. The first kappa shape index (κ1) is 14.5. The maximum absolute atomic E-state index is 12.8. The van der Waals surface area contributed by atoms with Crippen LogP contribution < -0.4 is 5.32 Å². The molecule has 1 atom stereocenters. The zero-order valence-electron chi connectivity index (χ0n) is 12.2. The quantitative estimate of drug-likeness (QED) is 0.918. The van der Waals surface area contributed by atoms with Crippen LogP contribution in [-0.2, 0) is 11.3 Å². The lowest BCUT2D eigenvalue weighted by Gasteiger charge is -2.35. The molecule has 0 aromatic carbocycles. The van der Waals surface area contributed by atoms with Crippen LogP contribution in [0.1, 0.15) is 30.2 Å². The minimum absolute atomic E-state index is 0.228. The summed E-state index contributed by atoms with van der Waals surface area (Å²) < 4.78 is 0. The Morgan fingerprint density at radius 1 is 1.63 bits per heavy atom. The van der Waals surface area contributed by atoms with Gasteiger partial charge in [0.2, 0.25) is 5.91 Å². The van der Waals surface area contributed by atoms with E-state index in [9.17, 15) is 4.79 Å². The van der Waals surface area contributed by atoms with Gasteiger partial charge >= 0.3 is 0 Å². The first-order valence-electron chi connectivity index (χ1n) is 6.83. The predicted octanol–water partition coefficient (Wildman–Crippen LogP) is 2.05. The average Bonchev–Trinajstić information content (AvgIpc) is 2.98. The van der Waals surface area contributed by atoms with E-state index in [-0.39, 0.29) is 11.3 Å². The summed E-state index contributed by atoms with van der Waals surface area (Å²) in [5, 5.41) is 4.39. The van der Waals surface area contributed by atoms with Crippen LogP contribution in [0.4, 0.5) is 0 Å². The molecule has 5 heteroatoms. The number of thiazole rings is 1. The monoisotopic (exact) mass is 281 g/mol. The number of nitrogens with zero attached hydrogens (tertiary/aromatic N) is 2. The minimum Gasteiger partial charge on any atom is -0.340 e. The van der Waals surface area contributed by atoms with Crippen LogP contribution in [0.2, 0.25) is 0 Å². The van der Waals surface area contributed by atoms with Gasteiger partial charge in [0.1, 0.15) is 0 Å². The van der Waals surface area contributed by atoms with Crippen molar-refractivity contribution < 1.29 is 4.79 Å². The third-order valence-electron chi connectivity index (χ3n) is 4.13. The van der Waals surface area contributed by atoms with Gasteiger partial charge in [0.15, 0.2) is 0 Å². The molecule has 1 fully saturated rings. The summed E-state index contributed by atoms with van der Waals surface area (Å²) in [7, 11) is 1.90. The van der Waals surface area contributed by atoms with Crippen LogP contribution in [0.25, 0.3) is 0 Å². The predicted molar refractivity (Wildman–Crippen MR) is 78.1 cm³/mol. The number of carbonyl (C=O) groups is 1. The second kappa shape index (κ2) is 5.59. The third-order valence-corrected chi connectivity index (χ3v) is 5.03. The van der Waals surface area contributed by atoms with Crippen LogP contribution in [0.15, 0.2) is 6.20 Å². The van der Waals surface area contributed by atoms with Crippen molar-refractivity contribution in [3.8, 4) is 0 Å². The zero-order valence-corrected chi connectivity index (χ0v) is 13.0. The number of hydrogen-bond acceptors (Lipinski definition) is 4. The Labute approximate surface area is 119 Å². The van der Waals surface area contributed by atoms with Gasteiger partial charge in [-0.05, 0) is 25.8 Å². The smallest absolute Gasteiger partial charge is 0.230 e. The van der Waals surface area contributed by atoms with Crippen molar-refractivity contribution in [3.63, 3.8) is 0 Å². The molecule has 0 aliphatic carbocycles. The van der Waals surface area contributed by atoms with Gasteiger partial charge < -0.3 is 10.2 Å². The molecule has 1 saturated heterocycles. The topological polar surface area (TPSA) is 45.2 Å². The summed E-state index contributed by atoms with van der Waals surface area (Å²) in [4.78, 5) is 20.0. The molecular weight excluding hydrogens is 258 g/mol. The molecule has 0 radical (unpaired) electrons. The zero-order chi connectivity index (χ0) is 14.0. The van der Waals surface area contributed by atoms with Crippen LogP contribution in [0.3, 0.4) is 0 Å². The fourth-order valence-electron chi connectivity index (χ4n) is 2.80. The summed E-state index contributed by atoms with van der Waals surface area (Å²) >= 11 is 1.66. The Bertz CT molecular complexity index is 449. The number of amides is 1. The highest BCUT2D eigenvalue weighted by atomic mass is 32.1. The second-order valence-corrected chi connectivity index (χ2v) is 7.06. The molecule has 1 aromatic rings. The molecule has 0 saturated carbocycles. The van der Waals surface area contributed by atoms with Crippen molar-refractivity contribution in [1.29, 1.82) is 0 Å². The lowest BCUT2D eigenvalue weighted by Crippen LogP contribution is -2.46. The summed E-state index contributed by atoms with van der Waals surface area (Å²) in [6.45, 7) is 8.70. The van der Waals surface area contributed by atoms with E-state index in [4.69, 9.17) is 0 Å². The van der Waals surface area contributed by atoms with Crippen molar-refractivity contribution in [3.05, 3.63) is 16.1 Å². The third kappa shape index (κ3) is 2.82. The summed E-state index contributed by atoms with van der Waals surface area (Å²) in [5.41, 5.74) is -0.228. The Balaban J connectivity index is 2.09. The van der Waals surface area contributed by atoms with E-state index in [1.165, 1.54) is 0 Å². The van der Waals surface area contributed by atoms with Gasteiger partial charge in [-0.25, -0.2) is 4.98 Å². The van der Waals surface area contributed by atoms with Crippen LogP contribution in [0.5, 0.6) is 0 Å². The normalized spacial score (nSPS) is 23.0. The van der Waals surface area contributed by atoms with E-state index in [1.807, 2.05) is 25.1 Å². The molecule has 1 unspecified atom stereocenters. The Morgan fingerprint density at radius 3 is 2.84 bits per heavy atom. The van der Waals surface area contributed by atoms with Crippen LogP contribution >= 0.6 is 11.3 Å². The van der Waals surface area contributed by atoms with E-state index in [0.29, 0.717) is 12.5 Å². The number of nitrogens with one attached hydrogen (secondary N) is 1. The molecule has 1 N–H and O–H groups in total. The summed E-state index contributed by atoms with van der Waals surface area (Å²) in [6.07, 6.45) is 2.81. The van der Waals surface area contributed by atoms with Gasteiger partial charge in [0.25, 0.3) is 0 Å².